The number of rotatable bonds is 3. The Kier molecular flexibility index (Phi) is 5.07. The van der Waals surface area contributed by atoms with Crippen LogP contribution in [-0.2, 0) is 0 Å². The molecule has 0 radical (unpaired) electrons. The van der Waals surface area contributed by atoms with Gasteiger partial charge in [0.1, 0.15) is 0 Å². The van der Waals surface area contributed by atoms with Gasteiger partial charge in [0.25, 0.3) is 5.91 Å². The van der Waals surface area contributed by atoms with E-state index in [2.05, 4.69) is 53.3 Å². The molecule has 0 saturated heterocycles. The molecule has 21 heavy (non-hydrogen) atoms. The molecule has 0 heterocycles. The molecule has 2 rings (SSSR count). The van der Waals surface area contributed by atoms with E-state index in [-0.39, 0.29) is 11.9 Å². The maximum absolute atomic E-state index is 12.3. The molecule has 2 aromatic carbocycles. The lowest BCUT2D eigenvalue weighted by Crippen LogP contribution is -2.27. The molecule has 0 fully saturated rings. The lowest BCUT2D eigenvalue weighted by Gasteiger charge is -2.17. The number of carbonyl (C=O) groups is 1. The summed E-state index contributed by atoms with van der Waals surface area (Å²) in [7, 11) is 0. The molecular weight excluding hydrogens is 350 g/mol. The third-order valence-corrected chi connectivity index (χ3v) is 4.64. The number of hydrogen-bond donors (Lipinski definition) is 1. The largest absolute Gasteiger partial charge is 0.346 e. The van der Waals surface area contributed by atoms with E-state index in [4.69, 9.17) is 11.6 Å². The van der Waals surface area contributed by atoms with E-state index >= 15 is 0 Å². The number of nitrogens with one attached hydrogen (secondary N) is 1. The zero-order chi connectivity index (χ0) is 15.6. The van der Waals surface area contributed by atoms with Crippen LogP contribution in [0.2, 0.25) is 5.02 Å². The van der Waals surface area contributed by atoms with E-state index < -0.39 is 0 Å². The van der Waals surface area contributed by atoms with E-state index in [1.54, 1.807) is 18.2 Å². The monoisotopic (exact) mass is 365 g/mol. The summed E-state index contributed by atoms with van der Waals surface area (Å²) in [6.45, 7) is 6.11. The number of halogens is 2. The van der Waals surface area contributed by atoms with Crippen molar-refractivity contribution in [3.8, 4) is 0 Å². The second-order valence-corrected chi connectivity index (χ2v) is 6.45. The minimum Gasteiger partial charge on any atom is -0.346 e. The molecule has 0 aromatic heterocycles. The second kappa shape index (κ2) is 6.63. The number of aryl methyl sites for hydroxylation is 2. The summed E-state index contributed by atoms with van der Waals surface area (Å²) in [6, 6.07) is 11.4. The highest BCUT2D eigenvalue weighted by Gasteiger charge is 2.14. The Labute approximate surface area is 138 Å². The summed E-state index contributed by atoms with van der Waals surface area (Å²) in [5, 5.41) is 3.61. The topological polar surface area (TPSA) is 29.1 Å². The Bertz CT molecular complexity index is 684. The molecule has 0 spiro atoms. The Morgan fingerprint density at radius 1 is 1.19 bits per heavy atom. The second-order valence-electron chi connectivity index (χ2n) is 5.18. The number of benzene rings is 2. The van der Waals surface area contributed by atoms with E-state index in [0.29, 0.717) is 10.6 Å². The average Bonchev–Trinajstić information content (AvgIpc) is 2.41. The van der Waals surface area contributed by atoms with Crippen LogP contribution < -0.4 is 5.32 Å². The first-order valence-electron chi connectivity index (χ1n) is 6.71. The molecular formula is C17H17BrClNO. The van der Waals surface area contributed by atoms with Crippen molar-refractivity contribution < 1.29 is 4.79 Å². The molecule has 2 nitrogen and oxygen atoms in total. The molecule has 0 aliphatic rings. The lowest BCUT2D eigenvalue weighted by molar-refractivity contribution is 0.0940. The van der Waals surface area contributed by atoms with Crippen LogP contribution >= 0.6 is 27.5 Å². The van der Waals surface area contributed by atoms with Gasteiger partial charge in [-0.25, -0.2) is 0 Å². The van der Waals surface area contributed by atoms with Gasteiger partial charge in [-0.2, -0.15) is 0 Å². The van der Waals surface area contributed by atoms with Crippen molar-refractivity contribution in [3.05, 3.63) is 68.1 Å². The molecule has 1 atom stereocenters. The summed E-state index contributed by atoms with van der Waals surface area (Å²) >= 11 is 9.28. The highest BCUT2D eigenvalue weighted by atomic mass is 79.9. The van der Waals surface area contributed by atoms with Crippen molar-refractivity contribution in [2.75, 3.05) is 0 Å². The van der Waals surface area contributed by atoms with Crippen LogP contribution in [0.3, 0.4) is 0 Å². The number of hydrogen-bond acceptors (Lipinski definition) is 1. The number of amides is 1. The third-order valence-electron chi connectivity index (χ3n) is 3.42. The smallest absolute Gasteiger partial charge is 0.251 e. The van der Waals surface area contributed by atoms with Gasteiger partial charge in [0.15, 0.2) is 0 Å². The van der Waals surface area contributed by atoms with Crippen molar-refractivity contribution in [2.45, 2.75) is 26.8 Å². The standard InChI is InChI=1S/C17H17BrClNO/c1-10-4-6-14(11(2)8-10)12(3)20-17(21)13-5-7-16(19)15(18)9-13/h4-9,12H,1-3H3,(H,20,21). The first-order valence-corrected chi connectivity index (χ1v) is 7.88. The van der Waals surface area contributed by atoms with E-state index in [1.807, 2.05) is 6.92 Å². The molecule has 1 N–H and O–H groups in total. The Morgan fingerprint density at radius 3 is 2.52 bits per heavy atom. The van der Waals surface area contributed by atoms with Crippen LogP contribution in [0, 0.1) is 13.8 Å². The highest BCUT2D eigenvalue weighted by Crippen LogP contribution is 2.24. The van der Waals surface area contributed by atoms with Crippen molar-refractivity contribution in [2.24, 2.45) is 0 Å². The van der Waals surface area contributed by atoms with Crippen LogP contribution in [0.5, 0.6) is 0 Å². The summed E-state index contributed by atoms with van der Waals surface area (Å²) < 4.78 is 0.719. The van der Waals surface area contributed by atoms with Crippen molar-refractivity contribution in [1.82, 2.24) is 5.32 Å². The normalized spacial score (nSPS) is 12.0. The van der Waals surface area contributed by atoms with Crippen LogP contribution in [0.15, 0.2) is 40.9 Å². The summed E-state index contributed by atoms with van der Waals surface area (Å²) in [5.74, 6) is -0.111. The lowest BCUT2D eigenvalue weighted by atomic mass is 10.00. The van der Waals surface area contributed by atoms with Gasteiger partial charge in [0, 0.05) is 10.0 Å². The molecule has 0 saturated carbocycles. The SMILES string of the molecule is Cc1ccc(C(C)NC(=O)c2ccc(Cl)c(Br)c2)c(C)c1. The highest BCUT2D eigenvalue weighted by molar-refractivity contribution is 9.10. The minimum atomic E-state index is -0.111. The van der Waals surface area contributed by atoms with Crippen molar-refractivity contribution in [1.29, 1.82) is 0 Å². The quantitative estimate of drug-likeness (QED) is 0.793. The molecule has 4 heteroatoms. The van der Waals surface area contributed by atoms with Crippen LogP contribution in [-0.4, -0.2) is 5.91 Å². The van der Waals surface area contributed by atoms with Gasteiger partial charge in [-0.15, -0.1) is 0 Å². The van der Waals surface area contributed by atoms with Gasteiger partial charge < -0.3 is 5.32 Å². The first-order chi connectivity index (χ1) is 9.88. The predicted molar refractivity (Wildman–Crippen MR) is 90.9 cm³/mol. The van der Waals surface area contributed by atoms with Crippen molar-refractivity contribution >= 4 is 33.4 Å². The Hall–Kier alpha value is -1.32. The van der Waals surface area contributed by atoms with Gasteiger partial charge >= 0.3 is 0 Å². The first kappa shape index (κ1) is 16.1. The molecule has 0 aliphatic heterocycles. The zero-order valence-corrected chi connectivity index (χ0v) is 14.5. The average molecular weight is 367 g/mol. The fraction of sp³-hybridized carbons (Fsp3) is 0.235. The third kappa shape index (κ3) is 3.86. The Balaban J connectivity index is 2.16. The van der Waals surface area contributed by atoms with Gasteiger partial charge in [0.2, 0.25) is 0 Å². The maximum Gasteiger partial charge on any atom is 0.251 e. The molecule has 110 valence electrons. The van der Waals surface area contributed by atoms with Crippen molar-refractivity contribution in [3.63, 3.8) is 0 Å². The molecule has 0 bridgehead atoms. The maximum atomic E-state index is 12.3. The van der Waals surface area contributed by atoms with E-state index in [0.717, 1.165) is 10.0 Å². The Morgan fingerprint density at radius 2 is 1.90 bits per heavy atom. The van der Waals surface area contributed by atoms with Gasteiger partial charge in [-0.3, -0.25) is 4.79 Å². The van der Waals surface area contributed by atoms with Crippen LogP contribution in [0.1, 0.15) is 40.0 Å². The van der Waals surface area contributed by atoms with Crippen LogP contribution in [0.4, 0.5) is 0 Å². The molecule has 0 aliphatic carbocycles. The van der Waals surface area contributed by atoms with E-state index in [9.17, 15) is 4.79 Å². The minimum absolute atomic E-state index is 0.0486. The predicted octanol–water partition coefficient (Wildman–Crippen LogP) is 5.21. The molecule has 1 unspecified atom stereocenters. The fourth-order valence-electron chi connectivity index (χ4n) is 2.31. The summed E-state index contributed by atoms with van der Waals surface area (Å²) in [6.07, 6.45) is 0. The van der Waals surface area contributed by atoms with E-state index in [1.165, 1.54) is 11.1 Å². The zero-order valence-electron chi connectivity index (χ0n) is 12.2. The summed E-state index contributed by atoms with van der Waals surface area (Å²) in [4.78, 5) is 12.3. The fourth-order valence-corrected chi connectivity index (χ4v) is 2.80. The molecule has 2 aromatic rings. The van der Waals surface area contributed by atoms with Crippen LogP contribution in [0.25, 0.3) is 0 Å². The van der Waals surface area contributed by atoms with Gasteiger partial charge in [0.05, 0.1) is 11.1 Å². The molecule has 1 amide bonds. The van der Waals surface area contributed by atoms with Gasteiger partial charge in [-0.05, 0) is 66.0 Å². The summed E-state index contributed by atoms with van der Waals surface area (Å²) in [5.41, 5.74) is 4.11. The number of carbonyl (C=O) groups excluding carboxylic acids is 1. The van der Waals surface area contributed by atoms with Gasteiger partial charge in [-0.1, -0.05) is 35.4 Å².